The zero-order valence-electron chi connectivity index (χ0n) is 8.29. The minimum absolute atomic E-state index is 0.0363. The average Bonchev–Trinajstić information content (AvgIpc) is 2.18. The molecule has 0 amide bonds. The van der Waals surface area contributed by atoms with Crippen LogP contribution in [0.3, 0.4) is 0 Å². The second-order valence-corrected chi connectivity index (χ2v) is 4.07. The quantitative estimate of drug-likeness (QED) is 0.620. The predicted octanol–water partition coefficient (Wildman–Crippen LogP) is 1.19. The Bertz CT molecular complexity index is 362. The maximum Gasteiger partial charge on any atom is 0.267 e. The van der Waals surface area contributed by atoms with Gasteiger partial charge in [0, 0.05) is 20.3 Å². The molecule has 0 saturated heterocycles. The number of rotatable bonds is 4. The zero-order chi connectivity index (χ0) is 10.6. The number of ether oxygens (including phenoxy) is 1. The smallest absolute Gasteiger partial charge is 0.267 e. The van der Waals surface area contributed by atoms with E-state index in [1.807, 2.05) is 29.5 Å². The third-order valence-corrected chi connectivity index (χ3v) is 3.15. The molecule has 0 bridgehead atoms. The lowest BCUT2D eigenvalue weighted by Crippen LogP contribution is -2.24. The van der Waals surface area contributed by atoms with Gasteiger partial charge in [-0.1, -0.05) is 0 Å². The summed E-state index contributed by atoms with van der Waals surface area (Å²) in [6.45, 7) is 3.16. The van der Waals surface area contributed by atoms with Crippen LogP contribution < -0.4 is 5.56 Å². The monoisotopic (exact) mass is 308 g/mol. The van der Waals surface area contributed by atoms with Gasteiger partial charge >= 0.3 is 0 Å². The predicted molar refractivity (Wildman–Crippen MR) is 62.4 cm³/mol. The highest BCUT2D eigenvalue weighted by Gasteiger charge is 2.04. The summed E-state index contributed by atoms with van der Waals surface area (Å²) >= 11 is 2.03. The molecule has 0 unspecified atom stereocenters. The van der Waals surface area contributed by atoms with Gasteiger partial charge in [-0.05, 0) is 35.9 Å². The molecule has 0 saturated carbocycles. The van der Waals surface area contributed by atoms with Crippen LogP contribution in [0, 0.1) is 10.5 Å². The Morgan fingerprint density at radius 1 is 1.64 bits per heavy atom. The van der Waals surface area contributed by atoms with E-state index < -0.39 is 0 Å². The maximum absolute atomic E-state index is 11.7. The van der Waals surface area contributed by atoms with Gasteiger partial charge in [-0.25, -0.2) is 4.98 Å². The summed E-state index contributed by atoms with van der Waals surface area (Å²) in [6, 6.07) is 0. The van der Waals surface area contributed by atoms with Gasteiger partial charge in [0.1, 0.15) is 0 Å². The van der Waals surface area contributed by atoms with Gasteiger partial charge in [0.15, 0.2) is 0 Å². The molecule has 0 atom stereocenters. The summed E-state index contributed by atoms with van der Waals surface area (Å²) in [4.78, 5) is 15.8. The van der Waals surface area contributed by atoms with Crippen molar-refractivity contribution in [1.82, 2.24) is 9.55 Å². The van der Waals surface area contributed by atoms with Crippen LogP contribution in [0.25, 0.3) is 0 Å². The summed E-state index contributed by atoms with van der Waals surface area (Å²) in [6.07, 6.45) is 2.42. The van der Waals surface area contributed by atoms with E-state index in [-0.39, 0.29) is 5.56 Å². The highest BCUT2D eigenvalue weighted by Crippen LogP contribution is 2.01. The molecule has 0 N–H and O–H groups in total. The maximum atomic E-state index is 11.7. The van der Waals surface area contributed by atoms with Crippen molar-refractivity contribution in [2.24, 2.45) is 0 Å². The van der Waals surface area contributed by atoms with Gasteiger partial charge in [0.05, 0.1) is 15.6 Å². The zero-order valence-corrected chi connectivity index (χ0v) is 10.4. The molecule has 78 valence electrons. The number of methoxy groups -OCH3 is 1. The van der Waals surface area contributed by atoms with Gasteiger partial charge in [-0.2, -0.15) is 0 Å². The van der Waals surface area contributed by atoms with E-state index in [0.29, 0.717) is 16.7 Å². The summed E-state index contributed by atoms with van der Waals surface area (Å²) in [5, 5.41) is 0. The fourth-order valence-corrected chi connectivity index (χ4v) is 1.53. The Labute approximate surface area is 96.4 Å². The molecular formula is C9H13IN2O2. The van der Waals surface area contributed by atoms with E-state index in [1.54, 1.807) is 18.0 Å². The number of hydrogen-bond donors (Lipinski definition) is 0. The normalized spacial score (nSPS) is 10.5. The second kappa shape index (κ2) is 5.45. The van der Waals surface area contributed by atoms with Gasteiger partial charge in [-0.3, -0.25) is 9.36 Å². The Kier molecular flexibility index (Phi) is 4.53. The van der Waals surface area contributed by atoms with E-state index in [0.717, 1.165) is 12.1 Å². The van der Waals surface area contributed by atoms with Crippen LogP contribution in [-0.4, -0.2) is 23.3 Å². The SMILES string of the molecule is COCCCn1cnc(C)c(I)c1=O. The Morgan fingerprint density at radius 2 is 2.36 bits per heavy atom. The highest BCUT2D eigenvalue weighted by atomic mass is 127. The molecule has 0 radical (unpaired) electrons. The summed E-state index contributed by atoms with van der Waals surface area (Å²) in [5.41, 5.74) is 0.827. The number of hydrogen-bond acceptors (Lipinski definition) is 3. The number of halogens is 1. The van der Waals surface area contributed by atoms with Crippen molar-refractivity contribution in [2.45, 2.75) is 19.9 Å². The lowest BCUT2D eigenvalue weighted by Gasteiger charge is -2.05. The Hall–Kier alpha value is -0.430. The Balaban J connectivity index is 2.79. The lowest BCUT2D eigenvalue weighted by atomic mass is 10.4. The van der Waals surface area contributed by atoms with Crippen molar-refractivity contribution < 1.29 is 4.74 Å². The van der Waals surface area contributed by atoms with Crippen molar-refractivity contribution >= 4 is 22.6 Å². The van der Waals surface area contributed by atoms with Crippen LogP contribution in [0.2, 0.25) is 0 Å². The first-order valence-electron chi connectivity index (χ1n) is 4.37. The third kappa shape index (κ3) is 2.78. The number of nitrogens with zero attached hydrogens (tertiary/aromatic N) is 2. The molecule has 1 heterocycles. The molecule has 0 aromatic carbocycles. The van der Waals surface area contributed by atoms with Crippen molar-refractivity contribution in [2.75, 3.05) is 13.7 Å². The van der Waals surface area contributed by atoms with Crippen LogP contribution in [0.4, 0.5) is 0 Å². The summed E-state index contributed by atoms with van der Waals surface area (Å²) in [7, 11) is 1.65. The molecule has 0 spiro atoms. The van der Waals surface area contributed by atoms with Gasteiger partial charge in [0.2, 0.25) is 0 Å². The fourth-order valence-electron chi connectivity index (χ4n) is 1.08. The van der Waals surface area contributed by atoms with Gasteiger partial charge in [0.25, 0.3) is 5.56 Å². The standard InChI is InChI=1S/C9H13IN2O2/c1-7-8(10)9(13)12(6-11-7)4-3-5-14-2/h6H,3-5H2,1-2H3. The van der Waals surface area contributed by atoms with Crippen LogP contribution in [-0.2, 0) is 11.3 Å². The molecule has 0 fully saturated rings. The van der Waals surface area contributed by atoms with Crippen molar-refractivity contribution in [3.8, 4) is 0 Å². The minimum atomic E-state index is 0.0363. The third-order valence-electron chi connectivity index (χ3n) is 1.90. The van der Waals surface area contributed by atoms with Crippen LogP contribution in [0.5, 0.6) is 0 Å². The van der Waals surface area contributed by atoms with E-state index in [2.05, 4.69) is 4.98 Å². The van der Waals surface area contributed by atoms with Gasteiger partial charge < -0.3 is 4.74 Å². The Morgan fingerprint density at radius 3 is 3.00 bits per heavy atom. The summed E-state index contributed by atoms with van der Waals surface area (Å²) in [5.74, 6) is 0. The highest BCUT2D eigenvalue weighted by molar-refractivity contribution is 14.1. The molecule has 0 aliphatic rings. The molecular weight excluding hydrogens is 295 g/mol. The molecule has 4 nitrogen and oxygen atoms in total. The van der Waals surface area contributed by atoms with Crippen LogP contribution in [0.15, 0.2) is 11.1 Å². The lowest BCUT2D eigenvalue weighted by molar-refractivity contribution is 0.190. The first kappa shape index (κ1) is 11.6. The average molecular weight is 308 g/mol. The minimum Gasteiger partial charge on any atom is -0.385 e. The molecule has 0 aliphatic carbocycles. The van der Waals surface area contributed by atoms with E-state index in [1.165, 1.54) is 0 Å². The van der Waals surface area contributed by atoms with E-state index >= 15 is 0 Å². The largest absolute Gasteiger partial charge is 0.385 e. The number of aryl methyl sites for hydroxylation is 2. The summed E-state index contributed by atoms with van der Waals surface area (Å²) < 4.78 is 7.24. The molecule has 1 aromatic rings. The van der Waals surface area contributed by atoms with E-state index in [4.69, 9.17) is 4.74 Å². The molecule has 14 heavy (non-hydrogen) atoms. The molecule has 0 aliphatic heterocycles. The van der Waals surface area contributed by atoms with Crippen LogP contribution >= 0.6 is 22.6 Å². The topological polar surface area (TPSA) is 44.1 Å². The first-order valence-corrected chi connectivity index (χ1v) is 5.45. The molecule has 5 heteroatoms. The van der Waals surface area contributed by atoms with E-state index in [9.17, 15) is 4.79 Å². The number of aromatic nitrogens is 2. The molecule has 1 aromatic heterocycles. The fraction of sp³-hybridized carbons (Fsp3) is 0.556. The van der Waals surface area contributed by atoms with Crippen LogP contribution in [0.1, 0.15) is 12.1 Å². The van der Waals surface area contributed by atoms with Crippen molar-refractivity contribution in [3.05, 3.63) is 25.9 Å². The first-order chi connectivity index (χ1) is 6.66. The van der Waals surface area contributed by atoms with Gasteiger partial charge in [-0.15, -0.1) is 0 Å². The molecule has 1 rings (SSSR count). The van der Waals surface area contributed by atoms with Crippen molar-refractivity contribution in [3.63, 3.8) is 0 Å². The second-order valence-electron chi connectivity index (χ2n) is 2.99. The van der Waals surface area contributed by atoms with Crippen molar-refractivity contribution in [1.29, 1.82) is 0 Å².